The number of hydrogen-bond donors (Lipinski definition) is 1. The highest BCUT2D eigenvalue weighted by Gasteiger charge is 2.21. The molecule has 0 saturated carbocycles. The van der Waals surface area contributed by atoms with Gasteiger partial charge in [-0.1, -0.05) is 0 Å². The lowest BCUT2D eigenvalue weighted by Crippen LogP contribution is -2.43. The molecule has 3 nitrogen and oxygen atoms in total. The Kier molecular flexibility index (Phi) is 1.98. The number of carboxylic acid groups (broad SMARTS) is 1. The van der Waals surface area contributed by atoms with Crippen LogP contribution in [0.1, 0.15) is 6.92 Å². The number of quaternary nitrogens is 1. The Balaban J connectivity index is 3.91. The van der Waals surface area contributed by atoms with Gasteiger partial charge in [0.15, 0.2) is 0 Å². The van der Waals surface area contributed by atoms with Crippen molar-refractivity contribution in [3.8, 4) is 0 Å². The summed E-state index contributed by atoms with van der Waals surface area (Å²) in [7, 11) is 3.31. The molecule has 0 bridgehead atoms. The fraction of sp³-hybridized carbons (Fsp3) is 0.800. The molecule has 0 radical (unpaired) electrons. The second-order valence-corrected chi connectivity index (χ2v) is 2.28. The van der Waals surface area contributed by atoms with E-state index in [-0.39, 0.29) is 4.48 Å². The van der Waals surface area contributed by atoms with E-state index in [9.17, 15) is 4.79 Å². The molecule has 0 aromatic carbocycles. The Morgan fingerprint density at radius 2 is 2.00 bits per heavy atom. The van der Waals surface area contributed by atoms with E-state index in [1.165, 1.54) is 0 Å². The summed E-state index contributed by atoms with van der Waals surface area (Å²) in [4.78, 5) is 10.2. The minimum absolute atomic E-state index is 0.0417. The topological polar surface area (TPSA) is 37.3 Å². The largest absolute Gasteiger partial charge is 0.513 e. The third-order valence-corrected chi connectivity index (χ3v) is 1.31. The predicted molar refractivity (Wildman–Crippen MR) is 30.7 cm³/mol. The van der Waals surface area contributed by atoms with E-state index in [2.05, 4.69) is 0 Å². The molecule has 0 unspecified atom stereocenters. The second-order valence-electron chi connectivity index (χ2n) is 2.28. The monoisotopic (exact) mass is 118 g/mol. The number of hydrogen-bond acceptors (Lipinski definition) is 1. The van der Waals surface area contributed by atoms with Crippen LogP contribution in [0.3, 0.4) is 0 Å². The molecule has 0 atom stereocenters. The Bertz CT molecular complexity index is 98.6. The van der Waals surface area contributed by atoms with Gasteiger partial charge < -0.3 is 5.11 Å². The van der Waals surface area contributed by atoms with E-state index >= 15 is 0 Å². The molecular formula is C5H12NO2+. The lowest BCUT2D eigenvalue weighted by molar-refractivity contribution is -0.814. The van der Waals surface area contributed by atoms with Crippen LogP contribution in [0.5, 0.6) is 0 Å². The number of carbonyl (C=O) groups is 1. The van der Waals surface area contributed by atoms with Crippen LogP contribution in [0, 0.1) is 0 Å². The van der Waals surface area contributed by atoms with Crippen molar-refractivity contribution in [3.05, 3.63) is 0 Å². The minimum Gasteiger partial charge on any atom is -0.435 e. The average molecular weight is 118 g/mol. The van der Waals surface area contributed by atoms with Crippen molar-refractivity contribution in [1.82, 2.24) is 0 Å². The van der Waals surface area contributed by atoms with Crippen molar-refractivity contribution in [3.63, 3.8) is 0 Å². The molecule has 3 heteroatoms. The van der Waals surface area contributed by atoms with Crippen molar-refractivity contribution < 1.29 is 14.4 Å². The molecule has 1 N–H and O–H groups in total. The van der Waals surface area contributed by atoms with Crippen molar-refractivity contribution in [2.75, 3.05) is 20.6 Å². The summed E-state index contributed by atoms with van der Waals surface area (Å²) >= 11 is 0. The molecule has 0 aliphatic heterocycles. The zero-order valence-corrected chi connectivity index (χ0v) is 5.51. The highest BCUT2D eigenvalue weighted by Crippen LogP contribution is 1.94. The molecule has 48 valence electrons. The van der Waals surface area contributed by atoms with E-state index < -0.39 is 6.09 Å². The smallest absolute Gasteiger partial charge is 0.435 e. The molecule has 0 aliphatic rings. The molecule has 8 heavy (non-hydrogen) atoms. The quantitative estimate of drug-likeness (QED) is 0.516. The molecule has 0 heterocycles. The van der Waals surface area contributed by atoms with Crippen molar-refractivity contribution in [2.45, 2.75) is 6.92 Å². The van der Waals surface area contributed by atoms with E-state index in [0.29, 0.717) is 6.54 Å². The Hall–Kier alpha value is -0.570. The first kappa shape index (κ1) is 7.43. The Morgan fingerprint density at radius 1 is 1.62 bits per heavy atom. The van der Waals surface area contributed by atoms with Crippen LogP contribution in [-0.2, 0) is 0 Å². The highest BCUT2D eigenvalue weighted by molar-refractivity contribution is 5.56. The van der Waals surface area contributed by atoms with Gasteiger partial charge in [0.2, 0.25) is 0 Å². The lowest BCUT2D eigenvalue weighted by Gasteiger charge is -2.19. The summed E-state index contributed by atoms with van der Waals surface area (Å²) in [6, 6.07) is 0. The van der Waals surface area contributed by atoms with Crippen LogP contribution in [0.4, 0.5) is 4.79 Å². The van der Waals surface area contributed by atoms with Gasteiger partial charge >= 0.3 is 6.09 Å². The van der Waals surface area contributed by atoms with Gasteiger partial charge in [-0.05, 0) is 6.92 Å². The van der Waals surface area contributed by atoms with Gasteiger partial charge in [-0.15, -0.1) is 0 Å². The minimum atomic E-state index is -0.785. The summed E-state index contributed by atoms with van der Waals surface area (Å²) in [6.45, 7) is 2.46. The lowest BCUT2D eigenvalue weighted by atomic mass is 10.5. The molecule has 0 aromatic heterocycles. The van der Waals surface area contributed by atoms with Gasteiger partial charge in [0, 0.05) is 0 Å². The standard InChI is InChI=1S/C5H11NO2/c1-4-6(2,3)5(7)8/h4H2,1-3H3/p+1. The van der Waals surface area contributed by atoms with Crippen LogP contribution in [0.2, 0.25) is 0 Å². The third-order valence-electron chi connectivity index (χ3n) is 1.31. The van der Waals surface area contributed by atoms with Crippen molar-refractivity contribution in [2.24, 2.45) is 0 Å². The molecule has 0 saturated heterocycles. The summed E-state index contributed by atoms with van der Waals surface area (Å²) in [5.74, 6) is 0. The SMILES string of the molecule is CC[N+](C)(C)C(=O)O. The summed E-state index contributed by atoms with van der Waals surface area (Å²) in [6.07, 6.45) is -0.785. The van der Waals surface area contributed by atoms with E-state index in [4.69, 9.17) is 5.11 Å². The van der Waals surface area contributed by atoms with Gasteiger partial charge in [0.05, 0.1) is 20.6 Å². The van der Waals surface area contributed by atoms with Crippen molar-refractivity contribution >= 4 is 6.09 Å². The molecule has 1 amide bonds. The number of nitrogens with zero attached hydrogens (tertiary/aromatic N) is 1. The van der Waals surface area contributed by atoms with Crippen molar-refractivity contribution in [1.29, 1.82) is 0 Å². The normalized spacial score (nSPS) is 11.4. The first-order valence-electron chi connectivity index (χ1n) is 2.57. The molecule has 0 spiro atoms. The predicted octanol–water partition coefficient (Wildman–Crippen LogP) is 0.761. The fourth-order valence-electron chi connectivity index (χ4n) is 0.135. The zero-order valence-electron chi connectivity index (χ0n) is 5.51. The molecule has 0 rings (SSSR count). The Morgan fingerprint density at radius 3 is 2.00 bits per heavy atom. The molecule has 0 fully saturated rings. The van der Waals surface area contributed by atoms with Gasteiger partial charge in [-0.25, -0.2) is 4.48 Å². The summed E-state index contributed by atoms with van der Waals surface area (Å²) < 4.78 is 0.0417. The van der Waals surface area contributed by atoms with Crippen LogP contribution in [0.25, 0.3) is 0 Å². The Labute approximate surface area is 49.1 Å². The molecule has 0 aliphatic carbocycles. The molecular weight excluding hydrogens is 106 g/mol. The third kappa shape index (κ3) is 1.50. The summed E-state index contributed by atoms with van der Waals surface area (Å²) in [5, 5.41) is 8.41. The van der Waals surface area contributed by atoms with Crippen LogP contribution >= 0.6 is 0 Å². The zero-order chi connectivity index (χ0) is 6.78. The fourth-order valence-corrected chi connectivity index (χ4v) is 0.135. The molecule has 0 aromatic rings. The maximum atomic E-state index is 10.2. The first-order chi connectivity index (χ1) is 3.50. The van der Waals surface area contributed by atoms with Gasteiger partial charge in [-0.3, -0.25) is 0 Å². The van der Waals surface area contributed by atoms with Gasteiger partial charge in [-0.2, -0.15) is 4.79 Å². The van der Waals surface area contributed by atoms with E-state index in [0.717, 1.165) is 0 Å². The van der Waals surface area contributed by atoms with E-state index in [1.807, 2.05) is 6.92 Å². The highest BCUT2D eigenvalue weighted by atomic mass is 16.4. The average Bonchev–Trinajstić information content (AvgIpc) is 1.67. The number of amides is 1. The van der Waals surface area contributed by atoms with Crippen LogP contribution in [-0.4, -0.2) is 36.3 Å². The van der Waals surface area contributed by atoms with Crippen LogP contribution in [0.15, 0.2) is 0 Å². The van der Waals surface area contributed by atoms with Gasteiger partial charge in [0.1, 0.15) is 0 Å². The van der Waals surface area contributed by atoms with Crippen LogP contribution < -0.4 is 0 Å². The van der Waals surface area contributed by atoms with Gasteiger partial charge in [0.25, 0.3) is 0 Å². The number of rotatable bonds is 1. The van der Waals surface area contributed by atoms with E-state index in [1.54, 1.807) is 14.1 Å². The second kappa shape index (κ2) is 2.13. The summed E-state index contributed by atoms with van der Waals surface area (Å²) in [5.41, 5.74) is 0. The maximum Gasteiger partial charge on any atom is 0.513 e. The first-order valence-corrected chi connectivity index (χ1v) is 2.57. The maximum absolute atomic E-state index is 10.2.